The molecule has 0 spiro atoms. The number of hydrogen-bond acceptors (Lipinski definition) is 0. The Hall–Kier alpha value is -0.486. The largest absolute Gasteiger partial charge is 0.308 e. The van der Waals surface area contributed by atoms with Gasteiger partial charge >= 0.3 is 0 Å². The summed E-state index contributed by atoms with van der Waals surface area (Å²) in [7, 11) is -5.90. The molecular weight excluding hydrogens is 238 g/mol. The minimum Gasteiger partial charge on any atom is -0.308 e. The molecule has 0 aliphatic carbocycles. The molecule has 0 bridgehead atoms. The van der Waals surface area contributed by atoms with Crippen LogP contribution in [0, 0.1) is 0 Å². The summed E-state index contributed by atoms with van der Waals surface area (Å²) >= 11 is 0. The third kappa shape index (κ3) is 2.80. The van der Waals surface area contributed by atoms with Gasteiger partial charge < -0.3 is 8.22 Å². The molecule has 0 heterocycles. The van der Waals surface area contributed by atoms with Crippen molar-refractivity contribution in [1.29, 1.82) is 0 Å². The van der Waals surface area contributed by atoms with E-state index in [9.17, 15) is 8.22 Å². The van der Waals surface area contributed by atoms with E-state index in [0.717, 1.165) is 12.0 Å². The number of rotatable bonds is 3. The van der Waals surface area contributed by atoms with E-state index < -0.39 is 16.8 Å². The fourth-order valence-electron chi connectivity index (χ4n) is 2.09. The van der Waals surface area contributed by atoms with E-state index in [1.165, 1.54) is 0 Å². The monoisotopic (exact) mass is 258 g/mol. The highest BCUT2D eigenvalue weighted by Gasteiger charge is 2.36. The minimum atomic E-state index is -2.96. The maximum absolute atomic E-state index is 14.4. The Kier molecular flexibility index (Phi) is 3.74. The molecule has 90 valence electrons. The summed E-state index contributed by atoms with van der Waals surface area (Å²) in [6, 6.07) is 5.55. The molecule has 0 aliphatic heterocycles. The lowest BCUT2D eigenvalue weighted by Crippen LogP contribution is -2.56. The van der Waals surface area contributed by atoms with Gasteiger partial charge in [0.15, 0.2) is 0 Å². The first-order valence-corrected chi connectivity index (χ1v) is 11.4. The van der Waals surface area contributed by atoms with Crippen LogP contribution in [-0.2, 0) is 6.42 Å². The summed E-state index contributed by atoms with van der Waals surface area (Å²) in [5.74, 6) is 0. The lowest BCUT2D eigenvalue weighted by atomic mass is 10.2. The molecule has 4 heteroatoms. The van der Waals surface area contributed by atoms with Crippen LogP contribution in [0.5, 0.6) is 0 Å². The smallest absolute Gasteiger partial charge is 0.271 e. The van der Waals surface area contributed by atoms with Gasteiger partial charge in [-0.05, 0) is 48.5 Å². The normalized spacial score (nSPS) is 12.9. The van der Waals surface area contributed by atoms with Gasteiger partial charge in [-0.25, -0.2) is 0 Å². The van der Waals surface area contributed by atoms with Gasteiger partial charge in [0.05, 0.1) is 0 Å². The van der Waals surface area contributed by atoms with Gasteiger partial charge in [-0.15, -0.1) is 0 Å². The molecule has 0 amide bonds. The first-order valence-electron chi connectivity index (χ1n) is 5.68. The van der Waals surface area contributed by atoms with E-state index in [1.807, 2.05) is 19.1 Å². The lowest BCUT2D eigenvalue weighted by molar-refractivity contribution is 0.812. The van der Waals surface area contributed by atoms with Gasteiger partial charge in [-0.3, -0.25) is 0 Å². The van der Waals surface area contributed by atoms with Crippen molar-refractivity contribution in [2.75, 3.05) is 0 Å². The van der Waals surface area contributed by atoms with E-state index in [-0.39, 0.29) is 0 Å². The second-order valence-corrected chi connectivity index (χ2v) is 12.1. The first-order chi connectivity index (χ1) is 7.18. The van der Waals surface area contributed by atoms with E-state index >= 15 is 0 Å². The van der Waals surface area contributed by atoms with E-state index in [4.69, 9.17) is 0 Å². The molecule has 0 saturated heterocycles. The van der Waals surface area contributed by atoms with Gasteiger partial charge in [0.2, 0.25) is 0 Å². The standard InChI is InChI=1S/C12H20F2Si2/c1-6-10-8-7-9-11(15(2,3)13)12(10)16(4,5)14/h7-9H,6H2,1-5H3. The number of benzene rings is 1. The fraction of sp³-hybridized carbons (Fsp3) is 0.500. The van der Waals surface area contributed by atoms with Crippen molar-refractivity contribution in [1.82, 2.24) is 0 Å². The molecule has 0 aromatic heterocycles. The van der Waals surface area contributed by atoms with E-state index in [1.54, 1.807) is 32.3 Å². The molecule has 0 unspecified atom stereocenters. The zero-order chi connectivity index (χ0) is 12.6. The zero-order valence-corrected chi connectivity index (χ0v) is 12.7. The molecular formula is C12H20F2Si2. The van der Waals surface area contributed by atoms with Crippen LogP contribution >= 0.6 is 0 Å². The van der Waals surface area contributed by atoms with Crippen molar-refractivity contribution in [3.05, 3.63) is 23.8 Å². The first kappa shape index (κ1) is 13.6. The molecule has 1 rings (SSSR count). The summed E-state index contributed by atoms with van der Waals surface area (Å²) in [4.78, 5) is 0. The maximum Gasteiger partial charge on any atom is 0.271 e. The van der Waals surface area contributed by atoms with Gasteiger partial charge in [0, 0.05) is 0 Å². The summed E-state index contributed by atoms with van der Waals surface area (Å²) < 4.78 is 28.6. The highest BCUT2D eigenvalue weighted by molar-refractivity contribution is 6.94. The number of aryl methyl sites for hydroxylation is 1. The SMILES string of the molecule is CCc1cccc([Si](C)(C)F)c1[Si](C)(C)F. The van der Waals surface area contributed by atoms with Crippen LogP contribution in [0.2, 0.25) is 26.2 Å². The Morgan fingerprint density at radius 2 is 1.56 bits per heavy atom. The molecule has 0 nitrogen and oxygen atoms in total. The van der Waals surface area contributed by atoms with Gasteiger partial charge in [-0.1, -0.05) is 25.1 Å². The van der Waals surface area contributed by atoms with Crippen molar-refractivity contribution in [3.8, 4) is 0 Å². The molecule has 0 saturated carbocycles. The van der Waals surface area contributed by atoms with Crippen LogP contribution in [0.3, 0.4) is 0 Å². The van der Waals surface area contributed by atoms with Crippen LogP contribution in [0.4, 0.5) is 8.22 Å². The maximum atomic E-state index is 14.4. The van der Waals surface area contributed by atoms with E-state index in [0.29, 0.717) is 10.4 Å². The van der Waals surface area contributed by atoms with Gasteiger partial charge in [-0.2, -0.15) is 0 Å². The van der Waals surface area contributed by atoms with Crippen molar-refractivity contribution in [3.63, 3.8) is 0 Å². The molecule has 16 heavy (non-hydrogen) atoms. The summed E-state index contributed by atoms with van der Waals surface area (Å²) in [6.07, 6.45) is 0.772. The van der Waals surface area contributed by atoms with Gasteiger partial charge in [0.25, 0.3) is 16.8 Å². The third-order valence-corrected chi connectivity index (χ3v) is 6.49. The van der Waals surface area contributed by atoms with Crippen LogP contribution in [0.25, 0.3) is 0 Å². The summed E-state index contributed by atoms with van der Waals surface area (Å²) in [5, 5.41) is 1.36. The highest BCUT2D eigenvalue weighted by atomic mass is 28.4. The predicted molar refractivity (Wildman–Crippen MR) is 72.3 cm³/mol. The molecule has 0 atom stereocenters. The average molecular weight is 258 g/mol. The Balaban J connectivity index is 3.51. The topological polar surface area (TPSA) is 0 Å². The Labute approximate surface area is 99.1 Å². The molecule has 0 N–H and O–H groups in total. The highest BCUT2D eigenvalue weighted by Crippen LogP contribution is 2.12. The van der Waals surface area contributed by atoms with E-state index in [2.05, 4.69) is 0 Å². The van der Waals surface area contributed by atoms with Crippen LogP contribution < -0.4 is 10.4 Å². The molecule has 0 aliphatic rings. The minimum absolute atomic E-state index is 0.658. The third-order valence-electron chi connectivity index (χ3n) is 2.77. The second-order valence-electron chi connectivity index (χ2n) is 5.14. The summed E-state index contributed by atoms with van der Waals surface area (Å²) in [5.41, 5.74) is 0.981. The zero-order valence-electron chi connectivity index (χ0n) is 10.7. The Morgan fingerprint density at radius 1 is 1.00 bits per heavy atom. The van der Waals surface area contributed by atoms with Crippen molar-refractivity contribution in [2.45, 2.75) is 39.5 Å². The molecule has 1 aromatic carbocycles. The lowest BCUT2D eigenvalue weighted by Gasteiger charge is -2.24. The van der Waals surface area contributed by atoms with Crippen molar-refractivity contribution in [2.24, 2.45) is 0 Å². The number of halogens is 2. The molecule has 0 fully saturated rings. The Bertz CT molecular complexity index is 376. The molecule has 1 aromatic rings. The van der Waals surface area contributed by atoms with Crippen LogP contribution in [-0.4, -0.2) is 16.8 Å². The second kappa shape index (κ2) is 4.41. The number of hydrogen-bond donors (Lipinski definition) is 0. The molecule has 0 radical (unpaired) electrons. The average Bonchev–Trinajstić information content (AvgIpc) is 2.13. The van der Waals surface area contributed by atoms with Crippen LogP contribution in [0.1, 0.15) is 12.5 Å². The quantitative estimate of drug-likeness (QED) is 0.577. The van der Waals surface area contributed by atoms with Crippen LogP contribution in [0.15, 0.2) is 18.2 Å². The van der Waals surface area contributed by atoms with Gasteiger partial charge in [0.1, 0.15) is 0 Å². The van der Waals surface area contributed by atoms with Crippen molar-refractivity contribution < 1.29 is 8.22 Å². The van der Waals surface area contributed by atoms with Crippen molar-refractivity contribution >= 4 is 27.2 Å². The summed E-state index contributed by atoms with van der Waals surface area (Å²) in [6.45, 7) is 8.54. The predicted octanol–water partition coefficient (Wildman–Crippen LogP) is 3.01. The Morgan fingerprint density at radius 3 is 1.94 bits per heavy atom. The fourth-order valence-corrected chi connectivity index (χ4v) is 6.87.